The Balaban J connectivity index is 1.31. The first-order valence-electron chi connectivity index (χ1n) is 9.02. The first-order chi connectivity index (χ1) is 12.4. The maximum absolute atomic E-state index is 4.69. The van der Waals surface area contributed by atoms with Crippen molar-refractivity contribution in [2.45, 2.75) is 44.7 Å². The van der Waals surface area contributed by atoms with Gasteiger partial charge in [0.25, 0.3) is 0 Å². The fourth-order valence-electron chi connectivity index (χ4n) is 3.69. The molecule has 1 fully saturated rings. The minimum Gasteiger partial charge on any atom is -0.340 e. The summed E-state index contributed by atoms with van der Waals surface area (Å²) >= 11 is 1.71. The van der Waals surface area contributed by atoms with E-state index in [4.69, 9.17) is 0 Å². The molecule has 6 heteroatoms. The third kappa shape index (κ3) is 2.84. The van der Waals surface area contributed by atoms with Gasteiger partial charge < -0.3 is 9.47 Å². The van der Waals surface area contributed by atoms with Crippen molar-refractivity contribution in [2.24, 2.45) is 0 Å². The average molecular weight is 351 g/mol. The molecule has 0 amide bonds. The molecule has 0 bridgehead atoms. The summed E-state index contributed by atoms with van der Waals surface area (Å²) in [5.74, 6) is 0. The fraction of sp³-hybridized carbons (Fsp3) is 0.421. The molecule has 128 valence electrons. The largest absolute Gasteiger partial charge is 0.340 e. The zero-order valence-electron chi connectivity index (χ0n) is 14.1. The van der Waals surface area contributed by atoms with E-state index in [1.165, 1.54) is 36.2 Å². The molecule has 5 nitrogen and oxygen atoms in total. The lowest BCUT2D eigenvalue weighted by molar-refractivity contribution is 0.306. The maximum Gasteiger partial charge on any atom is 0.208 e. The summed E-state index contributed by atoms with van der Waals surface area (Å²) in [6.07, 6.45) is 7.95. The van der Waals surface area contributed by atoms with Gasteiger partial charge in [-0.15, -0.1) is 10.2 Å². The van der Waals surface area contributed by atoms with E-state index in [1.807, 2.05) is 6.07 Å². The SMILES string of the molecule is c1ccc(Cc2nnc(N3CCc4c(ncn4C4CCC4)C3)s2)cc1. The van der Waals surface area contributed by atoms with Crippen LogP contribution in [0.15, 0.2) is 36.7 Å². The zero-order chi connectivity index (χ0) is 16.6. The number of imidazole rings is 1. The van der Waals surface area contributed by atoms with Gasteiger partial charge in [-0.05, 0) is 24.8 Å². The lowest BCUT2D eigenvalue weighted by Crippen LogP contribution is -2.32. The van der Waals surface area contributed by atoms with Crippen molar-refractivity contribution in [1.29, 1.82) is 0 Å². The van der Waals surface area contributed by atoms with E-state index in [2.05, 4.69) is 55.2 Å². The molecule has 1 saturated carbocycles. The van der Waals surface area contributed by atoms with Gasteiger partial charge in [0.15, 0.2) is 0 Å². The highest BCUT2D eigenvalue weighted by Crippen LogP contribution is 2.35. The molecule has 0 saturated heterocycles. The summed E-state index contributed by atoms with van der Waals surface area (Å²) in [4.78, 5) is 7.01. The Morgan fingerprint density at radius 3 is 2.80 bits per heavy atom. The number of rotatable bonds is 4. The highest BCUT2D eigenvalue weighted by atomic mass is 32.1. The van der Waals surface area contributed by atoms with Crippen LogP contribution in [0.3, 0.4) is 0 Å². The van der Waals surface area contributed by atoms with E-state index in [0.717, 1.165) is 36.1 Å². The van der Waals surface area contributed by atoms with E-state index in [9.17, 15) is 0 Å². The van der Waals surface area contributed by atoms with Crippen molar-refractivity contribution < 1.29 is 0 Å². The molecule has 1 aliphatic carbocycles. The minimum atomic E-state index is 0.696. The van der Waals surface area contributed by atoms with Gasteiger partial charge in [-0.3, -0.25) is 0 Å². The molecule has 3 heterocycles. The number of benzene rings is 1. The third-order valence-electron chi connectivity index (χ3n) is 5.33. The molecule has 0 spiro atoms. The molecule has 25 heavy (non-hydrogen) atoms. The Hall–Kier alpha value is -2.21. The summed E-state index contributed by atoms with van der Waals surface area (Å²) in [5, 5.41) is 10.9. The topological polar surface area (TPSA) is 46.8 Å². The Bertz CT molecular complexity index is 865. The van der Waals surface area contributed by atoms with E-state index in [0.29, 0.717) is 6.04 Å². The number of fused-ring (bicyclic) bond motifs is 1. The van der Waals surface area contributed by atoms with Crippen molar-refractivity contribution >= 4 is 16.5 Å². The van der Waals surface area contributed by atoms with Crippen LogP contribution in [-0.4, -0.2) is 26.3 Å². The normalized spacial score (nSPS) is 17.4. The number of aromatic nitrogens is 4. The second-order valence-corrected chi connectivity index (χ2v) is 7.98. The fourth-order valence-corrected chi connectivity index (χ4v) is 4.59. The van der Waals surface area contributed by atoms with Gasteiger partial charge in [0.2, 0.25) is 5.13 Å². The summed E-state index contributed by atoms with van der Waals surface area (Å²) in [5.41, 5.74) is 3.94. The van der Waals surface area contributed by atoms with Crippen molar-refractivity contribution in [3.05, 3.63) is 58.6 Å². The second kappa shape index (κ2) is 6.26. The molecular weight excluding hydrogens is 330 g/mol. The van der Waals surface area contributed by atoms with Crippen LogP contribution in [0.1, 0.15) is 47.3 Å². The zero-order valence-corrected chi connectivity index (χ0v) is 15.0. The Kier molecular flexibility index (Phi) is 3.77. The maximum atomic E-state index is 4.69. The Morgan fingerprint density at radius 2 is 2.00 bits per heavy atom. The van der Waals surface area contributed by atoms with E-state index in [1.54, 1.807) is 11.3 Å². The monoisotopic (exact) mass is 351 g/mol. The van der Waals surface area contributed by atoms with Gasteiger partial charge in [0.05, 0.1) is 18.6 Å². The number of hydrogen-bond donors (Lipinski definition) is 0. The lowest BCUT2D eigenvalue weighted by atomic mass is 9.92. The van der Waals surface area contributed by atoms with Gasteiger partial charge in [-0.1, -0.05) is 41.7 Å². The van der Waals surface area contributed by atoms with Crippen molar-refractivity contribution in [3.63, 3.8) is 0 Å². The summed E-state index contributed by atoms with van der Waals surface area (Å²) in [7, 11) is 0. The smallest absolute Gasteiger partial charge is 0.208 e. The summed E-state index contributed by atoms with van der Waals surface area (Å²) in [6, 6.07) is 11.2. The van der Waals surface area contributed by atoms with E-state index >= 15 is 0 Å². The van der Waals surface area contributed by atoms with Crippen LogP contribution in [-0.2, 0) is 19.4 Å². The Morgan fingerprint density at radius 1 is 1.12 bits per heavy atom. The predicted molar refractivity (Wildman–Crippen MR) is 99.0 cm³/mol. The summed E-state index contributed by atoms with van der Waals surface area (Å²) in [6.45, 7) is 1.86. The van der Waals surface area contributed by atoms with Gasteiger partial charge in [0, 0.05) is 31.1 Å². The number of anilines is 1. The van der Waals surface area contributed by atoms with Crippen LogP contribution < -0.4 is 4.90 Å². The standard InChI is InChI=1S/C19H21N5S/c1-2-5-14(6-3-1)11-18-21-22-19(25-18)23-10-9-17-16(12-23)20-13-24(17)15-7-4-8-15/h1-3,5-6,13,15H,4,7-12H2. The molecular formula is C19H21N5S. The van der Waals surface area contributed by atoms with Crippen LogP contribution in [0.4, 0.5) is 5.13 Å². The van der Waals surface area contributed by atoms with Crippen LogP contribution in [0, 0.1) is 0 Å². The molecule has 3 aromatic rings. The van der Waals surface area contributed by atoms with Gasteiger partial charge in [-0.2, -0.15) is 0 Å². The highest BCUT2D eigenvalue weighted by molar-refractivity contribution is 7.15. The lowest BCUT2D eigenvalue weighted by Gasteiger charge is -2.31. The second-order valence-electron chi connectivity index (χ2n) is 6.94. The van der Waals surface area contributed by atoms with Crippen molar-refractivity contribution in [3.8, 4) is 0 Å². The third-order valence-corrected chi connectivity index (χ3v) is 6.32. The van der Waals surface area contributed by atoms with E-state index in [-0.39, 0.29) is 0 Å². The molecule has 0 radical (unpaired) electrons. The van der Waals surface area contributed by atoms with Gasteiger partial charge in [0.1, 0.15) is 5.01 Å². The molecule has 0 atom stereocenters. The number of nitrogens with zero attached hydrogens (tertiary/aromatic N) is 5. The molecule has 1 aromatic carbocycles. The average Bonchev–Trinajstić information content (AvgIpc) is 3.22. The van der Waals surface area contributed by atoms with Gasteiger partial charge >= 0.3 is 0 Å². The van der Waals surface area contributed by atoms with Crippen LogP contribution in [0.25, 0.3) is 0 Å². The Labute approximate surface area is 151 Å². The highest BCUT2D eigenvalue weighted by Gasteiger charge is 2.28. The molecule has 0 unspecified atom stereocenters. The van der Waals surface area contributed by atoms with E-state index < -0.39 is 0 Å². The molecule has 0 N–H and O–H groups in total. The summed E-state index contributed by atoms with van der Waals surface area (Å²) < 4.78 is 2.43. The van der Waals surface area contributed by atoms with Gasteiger partial charge in [-0.25, -0.2) is 4.98 Å². The van der Waals surface area contributed by atoms with Crippen LogP contribution >= 0.6 is 11.3 Å². The molecule has 1 aliphatic heterocycles. The number of hydrogen-bond acceptors (Lipinski definition) is 5. The minimum absolute atomic E-state index is 0.696. The molecule has 5 rings (SSSR count). The first kappa shape index (κ1) is 15.1. The van der Waals surface area contributed by atoms with Crippen molar-refractivity contribution in [2.75, 3.05) is 11.4 Å². The quantitative estimate of drug-likeness (QED) is 0.720. The molecule has 2 aliphatic rings. The van der Waals surface area contributed by atoms with Crippen LogP contribution in [0.2, 0.25) is 0 Å². The van der Waals surface area contributed by atoms with Crippen molar-refractivity contribution in [1.82, 2.24) is 19.7 Å². The first-order valence-corrected chi connectivity index (χ1v) is 9.84. The predicted octanol–water partition coefficient (Wildman–Crippen LogP) is 3.61. The molecule has 2 aromatic heterocycles. The van der Waals surface area contributed by atoms with Crippen LogP contribution in [0.5, 0.6) is 0 Å².